The van der Waals surface area contributed by atoms with Gasteiger partial charge in [-0.15, -0.1) is 11.3 Å². The van der Waals surface area contributed by atoms with Gasteiger partial charge in [0.1, 0.15) is 12.4 Å². The molecule has 142 valence electrons. The topological polar surface area (TPSA) is 80.3 Å². The molecular formula is C21H19N3O3S. The van der Waals surface area contributed by atoms with Crippen LogP contribution in [0.3, 0.4) is 0 Å². The van der Waals surface area contributed by atoms with Crippen molar-refractivity contribution in [3.05, 3.63) is 87.9 Å². The van der Waals surface area contributed by atoms with Gasteiger partial charge in [-0.3, -0.25) is 20.4 Å². The van der Waals surface area contributed by atoms with Crippen molar-refractivity contribution in [1.29, 1.82) is 0 Å². The Labute approximate surface area is 166 Å². The molecular weight excluding hydrogens is 374 g/mol. The van der Waals surface area contributed by atoms with Crippen LogP contribution in [0.5, 0.6) is 5.75 Å². The van der Waals surface area contributed by atoms with Gasteiger partial charge in [0.05, 0.1) is 10.7 Å². The van der Waals surface area contributed by atoms with Crippen molar-refractivity contribution in [2.75, 3.05) is 0 Å². The van der Waals surface area contributed by atoms with Gasteiger partial charge in [-0.25, -0.2) is 4.98 Å². The fraction of sp³-hybridized carbons (Fsp3) is 0.0952. The number of ether oxygens (including phenoxy) is 1. The number of hydrogen-bond acceptors (Lipinski definition) is 5. The molecule has 0 unspecified atom stereocenters. The standard InChI is InChI=1S/C21H19N3O3S/c1-15-22-18(14-28-15)13-27-19-9-5-6-16(12-19)10-11-20(25)23-24-21(26)17-7-3-2-4-8-17/h2-12,14H,13H2,1H3,(H,23,25)(H,24,26)/b11-10+. The van der Waals surface area contributed by atoms with Crippen LogP contribution in [0, 0.1) is 6.92 Å². The predicted molar refractivity (Wildman–Crippen MR) is 109 cm³/mol. The molecule has 0 atom stereocenters. The highest BCUT2D eigenvalue weighted by atomic mass is 32.1. The van der Waals surface area contributed by atoms with E-state index in [1.54, 1.807) is 41.7 Å². The number of hydrogen-bond donors (Lipinski definition) is 2. The Morgan fingerprint density at radius 1 is 1.11 bits per heavy atom. The monoisotopic (exact) mass is 393 g/mol. The quantitative estimate of drug-likeness (QED) is 0.496. The van der Waals surface area contributed by atoms with E-state index in [0.717, 1.165) is 16.3 Å². The van der Waals surface area contributed by atoms with Gasteiger partial charge in [0.25, 0.3) is 11.8 Å². The highest BCUT2D eigenvalue weighted by Gasteiger charge is 2.05. The minimum absolute atomic E-state index is 0.380. The van der Waals surface area contributed by atoms with Crippen LogP contribution < -0.4 is 15.6 Å². The average molecular weight is 393 g/mol. The van der Waals surface area contributed by atoms with Gasteiger partial charge < -0.3 is 4.74 Å². The van der Waals surface area contributed by atoms with Crippen LogP contribution in [0.15, 0.2) is 66.1 Å². The van der Waals surface area contributed by atoms with Gasteiger partial charge in [0, 0.05) is 17.0 Å². The Morgan fingerprint density at radius 3 is 2.68 bits per heavy atom. The first-order chi connectivity index (χ1) is 13.6. The Balaban J connectivity index is 1.50. The SMILES string of the molecule is Cc1nc(COc2cccc(/C=C/C(=O)NNC(=O)c3ccccc3)c2)cs1. The summed E-state index contributed by atoms with van der Waals surface area (Å²) in [5.41, 5.74) is 6.87. The summed E-state index contributed by atoms with van der Waals surface area (Å²) in [5.74, 6) is -0.130. The molecule has 2 amide bonds. The zero-order valence-corrected chi connectivity index (χ0v) is 16.0. The molecule has 0 radical (unpaired) electrons. The lowest BCUT2D eigenvalue weighted by atomic mass is 10.2. The van der Waals surface area contributed by atoms with Crippen molar-refractivity contribution < 1.29 is 14.3 Å². The third-order valence-electron chi connectivity index (χ3n) is 3.67. The summed E-state index contributed by atoms with van der Waals surface area (Å²) in [6.45, 7) is 2.34. The number of hydrazine groups is 1. The molecule has 1 heterocycles. The second-order valence-corrected chi connectivity index (χ2v) is 6.92. The summed E-state index contributed by atoms with van der Waals surface area (Å²) in [4.78, 5) is 28.1. The molecule has 0 aliphatic heterocycles. The molecule has 3 aromatic rings. The molecule has 7 heteroatoms. The van der Waals surface area contributed by atoms with E-state index in [1.165, 1.54) is 6.08 Å². The van der Waals surface area contributed by atoms with Crippen LogP contribution in [0.1, 0.15) is 26.6 Å². The number of aryl methyl sites for hydroxylation is 1. The van der Waals surface area contributed by atoms with E-state index in [1.807, 2.05) is 42.6 Å². The van der Waals surface area contributed by atoms with E-state index in [-0.39, 0.29) is 5.91 Å². The summed E-state index contributed by atoms with van der Waals surface area (Å²) in [6, 6.07) is 16.0. The van der Waals surface area contributed by atoms with Crippen LogP contribution in [-0.4, -0.2) is 16.8 Å². The molecule has 1 aromatic heterocycles. The third kappa shape index (κ3) is 5.78. The highest BCUT2D eigenvalue weighted by Crippen LogP contribution is 2.17. The molecule has 0 spiro atoms. The van der Waals surface area contributed by atoms with Gasteiger partial charge in [0.15, 0.2) is 0 Å². The number of nitrogens with zero attached hydrogens (tertiary/aromatic N) is 1. The number of nitrogens with one attached hydrogen (secondary N) is 2. The first kappa shape index (κ1) is 19.3. The van der Waals surface area contributed by atoms with Gasteiger partial charge in [-0.1, -0.05) is 30.3 Å². The minimum Gasteiger partial charge on any atom is -0.487 e. The Morgan fingerprint density at radius 2 is 1.93 bits per heavy atom. The lowest BCUT2D eigenvalue weighted by molar-refractivity contribution is -0.117. The van der Waals surface area contributed by atoms with Crippen LogP contribution in [0.4, 0.5) is 0 Å². The van der Waals surface area contributed by atoms with Crippen molar-refractivity contribution >= 4 is 29.2 Å². The number of benzene rings is 2. The van der Waals surface area contributed by atoms with Crippen molar-refractivity contribution in [3.63, 3.8) is 0 Å². The van der Waals surface area contributed by atoms with Crippen LogP contribution in [0.25, 0.3) is 6.08 Å². The van der Waals surface area contributed by atoms with Crippen LogP contribution in [0.2, 0.25) is 0 Å². The zero-order valence-electron chi connectivity index (χ0n) is 15.2. The Bertz CT molecular complexity index is 983. The van der Waals surface area contributed by atoms with E-state index < -0.39 is 5.91 Å². The second kappa shape index (κ2) is 9.48. The summed E-state index contributed by atoms with van der Waals surface area (Å²) in [6.07, 6.45) is 2.98. The van der Waals surface area contributed by atoms with Crippen molar-refractivity contribution in [1.82, 2.24) is 15.8 Å². The molecule has 28 heavy (non-hydrogen) atoms. The number of carbonyl (C=O) groups is 2. The van der Waals surface area contributed by atoms with Crippen LogP contribution in [-0.2, 0) is 11.4 Å². The summed E-state index contributed by atoms with van der Waals surface area (Å²) >= 11 is 1.58. The summed E-state index contributed by atoms with van der Waals surface area (Å²) < 4.78 is 5.73. The molecule has 6 nitrogen and oxygen atoms in total. The molecule has 0 fully saturated rings. The third-order valence-corrected chi connectivity index (χ3v) is 4.50. The highest BCUT2D eigenvalue weighted by molar-refractivity contribution is 7.09. The zero-order chi connectivity index (χ0) is 19.8. The van der Waals surface area contributed by atoms with Crippen molar-refractivity contribution in [2.45, 2.75) is 13.5 Å². The fourth-order valence-corrected chi connectivity index (χ4v) is 2.93. The minimum atomic E-state index is -0.437. The number of thiazole rings is 1. The largest absolute Gasteiger partial charge is 0.487 e. The van der Waals surface area contributed by atoms with Gasteiger partial charge in [-0.05, 0) is 42.8 Å². The lowest BCUT2D eigenvalue weighted by Gasteiger charge is -2.06. The molecule has 2 aromatic carbocycles. The maximum atomic E-state index is 11.9. The Hall–Kier alpha value is -3.45. The number of amides is 2. The van der Waals surface area contributed by atoms with E-state index in [0.29, 0.717) is 17.9 Å². The first-order valence-corrected chi connectivity index (χ1v) is 9.45. The van der Waals surface area contributed by atoms with E-state index in [2.05, 4.69) is 15.8 Å². The molecule has 3 rings (SSSR count). The lowest BCUT2D eigenvalue weighted by Crippen LogP contribution is -2.40. The molecule has 0 aliphatic rings. The molecule has 0 saturated carbocycles. The van der Waals surface area contributed by atoms with Gasteiger partial charge >= 0.3 is 0 Å². The summed E-state index contributed by atoms with van der Waals surface area (Å²) in [7, 11) is 0. The van der Waals surface area contributed by atoms with Crippen LogP contribution >= 0.6 is 11.3 Å². The fourth-order valence-electron chi connectivity index (χ4n) is 2.33. The maximum Gasteiger partial charge on any atom is 0.269 e. The van der Waals surface area contributed by atoms with E-state index in [4.69, 9.17) is 4.74 Å². The number of aromatic nitrogens is 1. The van der Waals surface area contributed by atoms with E-state index >= 15 is 0 Å². The second-order valence-electron chi connectivity index (χ2n) is 5.86. The normalized spacial score (nSPS) is 10.6. The first-order valence-electron chi connectivity index (χ1n) is 8.57. The van der Waals surface area contributed by atoms with Crippen molar-refractivity contribution in [2.24, 2.45) is 0 Å². The number of carbonyl (C=O) groups excluding carboxylic acids is 2. The Kier molecular flexibility index (Phi) is 6.54. The van der Waals surface area contributed by atoms with Crippen molar-refractivity contribution in [3.8, 4) is 5.75 Å². The number of rotatable bonds is 6. The summed E-state index contributed by atoms with van der Waals surface area (Å²) in [5, 5.41) is 2.97. The van der Waals surface area contributed by atoms with E-state index in [9.17, 15) is 9.59 Å². The maximum absolute atomic E-state index is 11.9. The molecule has 0 aliphatic carbocycles. The smallest absolute Gasteiger partial charge is 0.269 e. The predicted octanol–water partition coefficient (Wildman–Crippen LogP) is 3.50. The molecule has 0 saturated heterocycles. The average Bonchev–Trinajstić information content (AvgIpc) is 3.15. The van der Waals surface area contributed by atoms with Gasteiger partial charge in [0.2, 0.25) is 0 Å². The molecule has 2 N–H and O–H groups in total. The van der Waals surface area contributed by atoms with Gasteiger partial charge in [-0.2, -0.15) is 0 Å². The molecule has 0 bridgehead atoms.